The molecule has 0 spiro atoms. The number of carbonyl (C=O) groups is 2. The van der Waals surface area contributed by atoms with E-state index in [1.54, 1.807) is 19.1 Å². The van der Waals surface area contributed by atoms with Crippen molar-refractivity contribution in [3.05, 3.63) is 64.8 Å². The van der Waals surface area contributed by atoms with Gasteiger partial charge in [-0.15, -0.1) is 0 Å². The Balaban J connectivity index is 1.99. The van der Waals surface area contributed by atoms with Crippen molar-refractivity contribution in [1.82, 2.24) is 9.80 Å². The van der Waals surface area contributed by atoms with Crippen LogP contribution in [0.5, 0.6) is 5.75 Å². The van der Waals surface area contributed by atoms with Crippen molar-refractivity contribution in [3.8, 4) is 5.75 Å². The Morgan fingerprint density at radius 1 is 1.20 bits per heavy atom. The molecule has 0 saturated heterocycles. The topological polar surface area (TPSA) is 83.2 Å². The van der Waals surface area contributed by atoms with Crippen molar-refractivity contribution >= 4 is 11.7 Å². The molecule has 7 heteroatoms. The number of aryl methyl sites for hydroxylation is 1. The first-order valence-corrected chi connectivity index (χ1v) is 10.1. The second kappa shape index (κ2) is 9.17. The molecule has 2 aromatic rings. The molecule has 3 rings (SSSR count). The summed E-state index contributed by atoms with van der Waals surface area (Å²) in [6.07, 6.45) is 0.898. The van der Waals surface area contributed by atoms with Gasteiger partial charge in [-0.2, -0.15) is 0 Å². The lowest BCUT2D eigenvalue weighted by Crippen LogP contribution is -2.36. The number of ether oxygens (including phenoxy) is 1. The minimum absolute atomic E-state index is 0.0373. The summed E-state index contributed by atoms with van der Waals surface area (Å²) in [5, 5.41) is 10.6. The van der Waals surface area contributed by atoms with E-state index < -0.39 is 23.5 Å². The van der Waals surface area contributed by atoms with Crippen molar-refractivity contribution in [1.29, 1.82) is 0 Å². The first-order chi connectivity index (χ1) is 14.3. The fourth-order valence-corrected chi connectivity index (χ4v) is 3.43. The quantitative estimate of drug-likeness (QED) is 0.635. The zero-order chi connectivity index (χ0) is 21.8. The van der Waals surface area contributed by atoms with Gasteiger partial charge in [0.25, 0.3) is 5.91 Å². The second-order valence-corrected chi connectivity index (χ2v) is 7.62. The molecule has 1 atom stereocenters. The minimum atomic E-state index is -0.699. The van der Waals surface area contributed by atoms with E-state index in [0.717, 1.165) is 12.0 Å². The predicted octanol–water partition coefficient (Wildman–Crippen LogP) is 3.52. The molecular formula is C23H28N2O5. The van der Waals surface area contributed by atoms with Gasteiger partial charge in [0, 0.05) is 13.1 Å². The number of hydrogen-bond donors (Lipinski definition) is 1. The number of benzene rings is 1. The number of amides is 1. The van der Waals surface area contributed by atoms with E-state index in [1.807, 2.05) is 50.2 Å². The maximum absolute atomic E-state index is 13.2. The van der Waals surface area contributed by atoms with Gasteiger partial charge in [0.1, 0.15) is 11.5 Å². The van der Waals surface area contributed by atoms with Crippen molar-refractivity contribution in [2.75, 3.05) is 33.8 Å². The van der Waals surface area contributed by atoms with E-state index in [1.165, 1.54) is 4.90 Å². The lowest BCUT2D eigenvalue weighted by Gasteiger charge is -2.28. The molecule has 7 nitrogen and oxygen atoms in total. The maximum atomic E-state index is 13.2. The Hall–Kier alpha value is -3.06. The SMILES string of the molecule is CCCOc1ccc([C@H]2C(C(=O)c3ccc(C)o3)=C(O)C(=O)N2CCN(C)C)cc1. The average Bonchev–Trinajstić information content (AvgIpc) is 3.26. The minimum Gasteiger partial charge on any atom is -0.503 e. The summed E-state index contributed by atoms with van der Waals surface area (Å²) in [7, 11) is 3.81. The molecule has 0 bridgehead atoms. The van der Waals surface area contributed by atoms with E-state index in [4.69, 9.17) is 9.15 Å². The van der Waals surface area contributed by atoms with Crippen molar-refractivity contribution in [3.63, 3.8) is 0 Å². The number of furan rings is 1. The molecule has 1 aromatic carbocycles. The third-order valence-electron chi connectivity index (χ3n) is 4.97. The summed E-state index contributed by atoms with van der Waals surface area (Å²) in [6.45, 7) is 5.33. The van der Waals surface area contributed by atoms with Gasteiger partial charge >= 0.3 is 0 Å². The third kappa shape index (κ3) is 4.41. The van der Waals surface area contributed by atoms with Crippen LogP contribution in [0.15, 0.2) is 52.1 Å². The lowest BCUT2D eigenvalue weighted by atomic mass is 9.95. The Morgan fingerprint density at radius 2 is 1.90 bits per heavy atom. The van der Waals surface area contributed by atoms with E-state index in [2.05, 4.69) is 0 Å². The lowest BCUT2D eigenvalue weighted by molar-refractivity contribution is -0.129. The van der Waals surface area contributed by atoms with Gasteiger partial charge in [-0.25, -0.2) is 0 Å². The Kier molecular flexibility index (Phi) is 6.62. The molecule has 1 amide bonds. The molecule has 1 aliphatic heterocycles. The number of carbonyl (C=O) groups excluding carboxylic acids is 2. The molecule has 0 unspecified atom stereocenters. The van der Waals surface area contributed by atoms with Crippen LogP contribution in [-0.2, 0) is 4.79 Å². The summed E-state index contributed by atoms with van der Waals surface area (Å²) < 4.78 is 11.1. The van der Waals surface area contributed by atoms with E-state index in [0.29, 0.717) is 31.2 Å². The van der Waals surface area contributed by atoms with Crippen LogP contribution < -0.4 is 4.74 Å². The average molecular weight is 412 g/mol. The largest absolute Gasteiger partial charge is 0.503 e. The van der Waals surface area contributed by atoms with Crippen molar-refractivity contribution in [2.45, 2.75) is 26.3 Å². The van der Waals surface area contributed by atoms with E-state index >= 15 is 0 Å². The van der Waals surface area contributed by atoms with Gasteiger partial charge < -0.3 is 24.1 Å². The number of nitrogens with zero attached hydrogens (tertiary/aromatic N) is 2. The molecule has 30 heavy (non-hydrogen) atoms. The summed E-state index contributed by atoms with van der Waals surface area (Å²) >= 11 is 0. The van der Waals surface area contributed by atoms with Crippen LogP contribution in [0.3, 0.4) is 0 Å². The van der Waals surface area contributed by atoms with Gasteiger partial charge in [-0.05, 0) is 57.3 Å². The zero-order valence-corrected chi connectivity index (χ0v) is 17.8. The van der Waals surface area contributed by atoms with Crippen LogP contribution >= 0.6 is 0 Å². The molecule has 2 heterocycles. The molecule has 0 saturated carbocycles. The van der Waals surface area contributed by atoms with Crippen molar-refractivity contribution < 1.29 is 23.8 Å². The van der Waals surface area contributed by atoms with E-state index in [9.17, 15) is 14.7 Å². The first-order valence-electron chi connectivity index (χ1n) is 10.1. The van der Waals surface area contributed by atoms with E-state index in [-0.39, 0.29) is 11.3 Å². The number of rotatable bonds is 9. The Bertz CT molecular complexity index is 943. The number of aliphatic hydroxyl groups excluding tert-OH is 1. The highest BCUT2D eigenvalue weighted by Gasteiger charge is 2.44. The maximum Gasteiger partial charge on any atom is 0.290 e. The van der Waals surface area contributed by atoms with Crippen LogP contribution in [0, 0.1) is 6.92 Å². The Morgan fingerprint density at radius 3 is 2.47 bits per heavy atom. The zero-order valence-electron chi connectivity index (χ0n) is 17.8. The number of Topliss-reactive ketones (excluding diaryl/α,β-unsaturated/α-hetero) is 1. The second-order valence-electron chi connectivity index (χ2n) is 7.62. The first kappa shape index (κ1) is 21.6. The number of likely N-dealkylation sites (N-methyl/N-ethyl adjacent to an activating group) is 1. The monoisotopic (exact) mass is 412 g/mol. The molecule has 0 radical (unpaired) electrons. The number of hydrogen-bond acceptors (Lipinski definition) is 6. The van der Waals surface area contributed by atoms with Crippen molar-refractivity contribution in [2.24, 2.45) is 0 Å². The summed E-state index contributed by atoms with van der Waals surface area (Å²) in [5.41, 5.74) is 0.761. The fraction of sp³-hybridized carbons (Fsp3) is 0.391. The van der Waals surface area contributed by atoms with Gasteiger partial charge in [0.15, 0.2) is 11.5 Å². The number of ketones is 1. The third-order valence-corrected chi connectivity index (χ3v) is 4.97. The van der Waals surface area contributed by atoms with Crippen LogP contribution in [0.25, 0.3) is 0 Å². The highest BCUT2D eigenvalue weighted by molar-refractivity contribution is 6.15. The summed E-state index contributed by atoms with van der Waals surface area (Å²) in [4.78, 5) is 29.5. The number of aliphatic hydroxyl groups is 1. The van der Waals surface area contributed by atoms with Crippen LogP contribution in [0.2, 0.25) is 0 Å². The normalized spacial score (nSPS) is 16.6. The smallest absolute Gasteiger partial charge is 0.290 e. The van der Waals surface area contributed by atoms with Crippen LogP contribution in [0.1, 0.15) is 41.3 Å². The molecule has 0 fully saturated rings. The Labute approximate surface area is 176 Å². The van der Waals surface area contributed by atoms with Gasteiger partial charge in [-0.1, -0.05) is 19.1 Å². The summed E-state index contributed by atoms with van der Waals surface area (Å²) in [5.74, 6) is -0.167. The highest BCUT2D eigenvalue weighted by Crippen LogP contribution is 2.39. The molecule has 0 aliphatic carbocycles. The van der Waals surface area contributed by atoms with Gasteiger partial charge in [-0.3, -0.25) is 9.59 Å². The van der Waals surface area contributed by atoms with Gasteiger partial charge in [0.05, 0.1) is 18.2 Å². The molecule has 1 aliphatic rings. The fourth-order valence-electron chi connectivity index (χ4n) is 3.43. The standard InChI is InChI=1S/C23H28N2O5/c1-5-14-29-17-9-7-16(8-10-17)20-19(21(26)18-11-6-15(2)30-18)22(27)23(28)25(20)13-12-24(3)4/h6-11,20,27H,5,12-14H2,1-4H3/t20-/m0/s1. The highest BCUT2D eigenvalue weighted by atomic mass is 16.5. The van der Waals surface area contributed by atoms with Crippen LogP contribution in [-0.4, -0.2) is 60.4 Å². The summed E-state index contributed by atoms with van der Waals surface area (Å²) in [6, 6.07) is 9.82. The molecule has 1 N–H and O–H groups in total. The van der Waals surface area contributed by atoms with Gasteiger partial charge in [0.2, 0.25) is 5.78 Å². The predicted molar refractivity (Wildman–Crippen MR) is 113 cm³/mol. The molecule has 1 aromatic heterocycles. The molecule has 160 valence electrons. The molecular weight excluding hydrogens is 384 g/mol. The van der Waals surface area contributed by atoms with Crippen LogP contribution in [0.4, 0.5) is 0 Å².